The molecule has 2 aromatic heterocycles. The quantitative estimate of drug-likeness (QED) is 0.407. The number of hydrogen-bond acceptors (Lipinski definition) is 8. The zero-order valence-electron chi connectivity index (χ0n) is 18.5. The molecule has 2 aromatic carbocycles. The molecule has 1 aliphatic heterocycles. The minimum atomic E-state index is -4.79. The maximum Gasteiger partial charge on any atom is 0.422 e. The van der Waals surface area contributed by atoms with E-state index in [0.29, 0.717) is 30.8 Å². The van der Waals surface area contributed by atoms with Gasteiger partial charge in [-0.1, -0.05) is 64.9 Å². The Morgan fingerprint density at radius 1 is 1.03 bits per heavy atom. The number of amides is 1. The van der Waals surface area contributed by atoms with Crippen LogP contribution >= 0.6 is 0 Å². The Bertz CT molecular complexity index is 1350. The zero-order valence-corrected chi connectivity index (χ0v) is 18.5. The standard InChI is InChI=1S/C24H19F3N4O5/c25-24(26,27)17-18(13-4-2-1-3-5-13)30-35-20(17)23-29-21(31-36-23)15-8-6-14(7-9-15)19(32)22(33)28-16-10-11-34-12-16/h1-9,16,19,32H,10-12H2,(H,28,33). The highest BCUT2D eigenvalue weighted by Crippen LogP contribution is 2.43. The van der Waals surface area contributed by atoms with E-state index in [1.165, 1.54) is 36.4 Å². The van der Waals surface area contributed by atoms with Crippen LogP contribution < -0.4 is 5.32 Å². The average Bonchev–Trinajstić information content (AvgIpc) is 3.64. The summed E-state index contributed by atoms with van der Waals surface area (Å²) in [6.45, 7) is 0.945. The summed E-state index contributed by atoms with van der Waals surface area (Å²) in [4.78, 5) is 16.3. The van der Waals surface area contributed by atoms with Crippen molar-refractivity contribution in [3.8, 4) is 34.3 Å². The fourth-order valence-electron chi connectivity index (χ4n) is 3.82. The Kier molecular flexibility index (Phi) is 6.29. The third-order valence-electron chi connectivity index (χ3n) is 5.65. The lowest BCUT2D eigenvalue weighted by Gasteiger charge is -2.15. The number of nitrogens with zero attached hydrogens (tertiary/aromatic N) is 3. The van der Waals surface area contributed by atoms with Crippen molar-refractivity contribution in [2.45, 2.75) is 24.7 Å². The SMILES string of the molecule is O=C(NC1CCOC1)C(O)c1ccc(-c2noc(-c3onc(-c4ccccc4)c3C(F)(F)F)n2)cc1. The molecule has 1 fully saturated rings. The minimum absolute atomic E-state index is 0.00983. The number of aliphatic hydroxyl groups excluding tert-OH is 1. The third kappa shape index (κ3) is 4.72. The normalized spacial score (nSPS) is 16.7. The first-order valence-corrected chi connectivity index (χ1v) is 10.9. The van der Waals surface area contributed by atoms with Crippen molar-refractivity contribution in [3.63, 3.8) is 0 Å². The Labute approximate surface area is 201 Å². The van der Waals surface area contributed by atoms with Crippen molar-refractivity contribution in [2.24, 2.45) is 0 Å². The fraction of sp³-hybridized carbons (Fsp3) is 0.250. The van der Waals surface area contributed by atoms with E-state index >= 15 is 0 Å². The van der Waals surface area contributed by atoms with Gasteiger partial charge < -0.3 is 24.2 Å². The molecule has 3 heterocycles. The molecule has 0 radical (unpaired) electrons. The summed E-state index contributed by atoms with van der Waals surface area (Å²) < 4.78 is 57.0. The zero-order chi connectivity index (χ0) is 25.3. The van der Waals surface area contributed by atoms with E-state index in [1.54, 1.807) is 18.2 Å². The summed E-state index contributed by atoms with van der Waals surface area (Å²) in [7, 11) is 0. The Morgan fingerprint density at radius 3 is 2.44 bits per heavy atom. The van der Waals surface area contributed by atoms with E-state index in [4.69, 9.17) is 13.8 Å². The van der Waals surface area contributed by atoms with E-state index < -0.39 is 41.1 Å². The topological polar surface area (TPSA) is 124 Å². The maximum absolute atomic E-state index is 13.9. The van der Waals surface area contributed by atoms with Gasteiger partial charge in [-0.05, 0) is 12.0 Å². The first kappa shape index (κ1) is 23.7. The molecule has 1 saturated heterocycles. The lowest BCUT2D eigenvalue weighted by molar-refractivity contribution is -0.137. The van der Waals surface area contributed by atoms with Gasteiger partial charge in [-0.3, -0.25) is 4.79 Å². The van der Waals surface area contributed by atoms with Crippen LogP contribution in [-0.4, -0.2) is 45.6 Å². The van der Waals surface area contributed by atoms with E-state index in [2.05, 4.69) is 20.6 Å². The lowest BCUT2D eigenvalue weighted by atomic mass is 10.1. The lowest BCUT2D eigenvalue weighted by Crippen LogP contribution is -2.38. The van der Waals surface area contributed by atoms with Crippen molar-refractivity contribution in [1.29, 1.82) is 0 Å². The van der Waals surface area contributed by atoms with Crippen LogP contribution in [0.15, 0.2) is 63.6 Å². The number of aromatic nitrogens is 3. The van der Waals surface area contributed by atoms with Gasteiger partial charge in [0.05, 0.1) is 12.6 Å². The molecule has 0 bridgehead atoms. The Morgan fingerprint density at radius 2 is 1.78 bits per heavy atom. The van der Waals surface area contributed by atoms with Crippen LogP contribution in [0, 0.1) is 0 Å². The molecule has 1 aliphatic rings. The van der Waals surface area contributed by atoms with E-state index in [0.717, 1.165) is 0 Å². The first-order valence-electron chi connectivity index (χ1n) is 10.9. The second-order valence-electron chi connectivity index (χ2n) is 8.12. The molecule has 0 saturated carbocycles. The number of carbonyl (C=O) groups is 1. The van der Waals surface area contributed by atoms with Crippen molar-refractivity contribution in [1.82, 2.24) is 20.6 Å². The van der Waals surface area contributed by atoms with Gasteiger partial charge in [0, 0.05) is 17.7 Å². The molecule has 1 amide bonds. The summed E-state index contributed by atoms with van der Waals surface area (Å²) in [5, 5.41) is 20.4. The van der Waals surface area contributed by atoms with Crippen LogP contribution in [0.5, 0.6) is 0 Å². The highest BCUT2D eigenvalue weighted by Gasteiger charge is 2.43. The van der Waals surface area contributed by atoms with Gasteiger partial charge in [0.25, 0.3) is 11.8 Å². The van der Waals surface area contributed by atoms with Gasteiger partial charge in [-0.2, -0.15) is 18.2 Å². The van der Waals surface area contributed by atoms with Gasteiger partial charge >= 0.3 is 6.18 Å². The Hall–Kier alpha value is -4.03. The van der Waals surface area contributed by atoms with Crippen molar-refractivity contribution >= 4 is 5.91 Å². The largest absolute Gasteiger partial charge is 0.422 e. The molecule has 2 atom stereocenters. The number of halogens is 3. The summed E-state index contributed by atoms with van der Waals surface area (Å²) in [5.74, 6) is -1.75. The molecule has 5 rings (SSSR count). The van der Waals surface area contributed by atoms with Gasteiger partial charge in [0.2, 0.25) is 11.6 Å². The van der Waals surface area contributed by atoms with Crippen molar-refractivity contribution in [3.05, 3.63) is 65.7 Å². The van der Waals surface area contributed by atoms with Gasteiger partial charge in [-0.15, -0.1) is 0 Å². The molecule has 0 spiro atoms. The molecule has 12 heteroatoms. The highest BCUT2D eigenvalue weighted by atomic mass is 19.4. The van der Waals surface area contributed by atoms with Gasteiger partial charge in [0.1, 0.15) is 11.3 Å². The van der Waals surface area contributed by atoms with Crippen LogP contribution in [0.1, 0.15) is 23.7 Å². The maximum atomic E-state index is 13.9. The number of aliphatic hydroxyl groups is 1. The predicted molar refractivity (Wildman–Crippen MR) is 118 cm³/mol. The molecular weight excluding hydrogens is 481 g/mol. The molecule has 4 aromatic rings. The number of nitrogens with one attached hydrogen (secondary N) is 1. The van der Waals surface area contributed by atoms with Gasteiger partial charge in [0.15, 0.2) is 6.10 Å². The van der Waals surface area contributed by atoms with E-state index in [1.807, 2.05) is 0 Å². The number of alkyl halides is 3. The third-order valence-corrected chi connectivity index (χ3v) is 5.65. The summed E-state index contributed by atoms with van der Waals surface area (Å²) >= 11 is 0. The summed E-state index contributed by atoms with van der Waals surface area (Å²) in [5.41, 5.74) is -0.583. The molecule has 2 unspecified atom stereocenters. The second-order valence-corrected chi connectivity index (χ2v) is 8.12. The van der Waals surface area contributed by atoms with Crippen LogP contribution in [0.2, 0.25) is 0 Å². The predicted octanol–water partition coefficient (Wildman–Crippen LogP) is 4.02. The van der Waals surface area contributed by atoms with Crippen molar-refractivity contribution in [2.75, 3.05) is 13.2 Å². The molecule has 2 N–H and O–H groups in total. The fourth-order valence-corrected chi connectivity index (χ4v) is 3.82. The second kappa shape index (κ2) is 9.55. The number of hydrogen-bond donors (Lipinski definition) is 2. The number of ether oxygens (including phenoxy) is 1. The van der Waals surface area contributed by atoms with Crippen LogP contribution in [-0.2, 0) is 15.7 Å². The van der Waals surface area contributed by atoms with Crippen molar-refractivity contribution < 1.29 is 36.9 Å². The molecule has 0 aliphatic carbocycles. The highest BCUT2D eigenvalue weighted by molar-refractivity contribution is 5.82. The first-order chi connectivity index (χ1) is 17.3. The van der Waals surface area contributed by atoms with Crippen LogP contribution in [0.4, 0.5) is 13.2 Å². The van der Waals surface area contributed by atoms with Crippen LogP contribution in [0.3, 0.4) is 0 Å². The number of rotatable bonds is 6. The average molecular weight is 500 g/mol. The number of benzene rings is 2. The van der Waals surface area contributed by atoms with Gasteiger partial charge in [-0.25, -0.2) is 0 Å². The van der Waals surface area contributed by atoms with E-state index in [9.17, 15) is 23.1 Å². The monoisotopic (exact) mass is 500 g/mol. The summed E-state index contributed by atoms with van der Waals surface area (Å²) in [6, 6.07) is 13.7. The van der Waals surface area contributed by atoms with E-state index in [-0.39, 0.29) is 17.4 Å². The molecule has 36 heavy (non-hydrogen) atoms. The number of carbonyl (C=O) groups excluding carboxylic acids is 1. The Balaban J connectivity index is 1.38. The van der Waals surface area contributed by atoms with Crippen LogP contribution in [0.25, 0.3) is 34.3 Å². The minimum Gasteiger partial charge on any atom is -0.379 e. The smallest absolute Gasteiger partial charge is 0.379 e. The molecule has 186 valence electrons. The summed E-state index contributed by atoms with van der Waals surface area (Å²) in [6.07, 6.45) is -5.52. The molecule has 9 nitrogen and oxygen atoms in total. The molecular formula is C24H19F3N4O5.